The minimum Gasteiger partial charge on any atom is -0.449 e. The van der Waals surface area contributed by atoms with Crippen LogP contribution in [0.15, 0.2) is 88.6 Å². The Morgan fingerprint density at radius 3 is 2.42 bits per heavy atom. The third kappa shape index (κ3) is 4.91. The van der Waals surface area contributed by atoms with Crippen LogP contribution in [0.4, 0.5) is 11.4 Å². The number of amides is 1. The molecule has 1 aliphatic heterocycles. The van der Waals surface area contributed by atoms with Gasteiger partial charge in [-0.25, -0.2) is 17.9 Å². The lowest BCUT2D eigenvalue weighted by atomic mass is 10.2. The van der Waals surface area contributed by atoms with E-state index >= 15 is 0 Å². The van der Waals surface area contributed by atoms with E-state index in [4.69, 9.17) is 4.74 Å². The average molecular weight is 561 g/mol. The summed E-state index contributed by atoms with van der Waals surface area (Å²) in [5.74, 6) is -1.20. The van der Waals surface area contributed by atoms with Crippen LogP contribution >= 0.6 is 0 Å². The molecule has 1 amide bonds. The lowest BCUT2D eigenvalue weighted by Crippen LogP contribution is -2.39. The highest BCUT2D eigenvalue weighted by Crippen LogP contribution is 2.28. The minimum atomic E-state index is -4.25. The summed E-state index contributed by atoms with van der Waals surface area (Å²) in [7, 11) is -2.60. The van der Waals surface area contributed by atoms with Gasteiger partial charge in [0.1, 0.15) is 5.69 Å². The summed E-state index contributed by atoms with van der Waals surface area (Å²) in [4.78, 5) is 40.4. The Morgan fingerprint density at radius 2 is 1.68 bits per heavy atom. The first-order chi connectivity index (χ1) is 19.1. The molecule has 1 atom stereocenters. The molecule has 0 spiro atoms. The zero-order chi connectivity index (χ0) is 28.6. The molecule has 3 aromatic carbocycles. The van der Waals surface area contributed by atoms with E-state index in [1.54, 1.807) is 47.8 Å². The van der Waals surface area contributed by atoms with Crippen molar-refractivity contribution in [2.75, 3.05) is 16.2 Å². The molecule has 0 unspecified atom stereocenters. The van der Waals surface area contributed by atoms with Crippen LogP contribution < -0.4 is 15.2 Å². The van der Waals surface area contributed by atoms with Crippen LogP contribution in [-0.4, -0.2) is 42.3 Å². The van der Waals surface area contributed by atoms with E-state index in [-0.39, 0.29) is 22.1 Å². The molecule has 0 fully saturated rings. The van der Waals surface area contributed by atoms with Crippen LogP contribution in [0, 0.1) is 6.92 Å². The Kier molecular flexibility index (Phi) is 7.07. The van der Waals surface area contributed by atoms with Gasteiger partial charge in [-0.05, 0) is 62.2 Å². The van der Waals surface area contributed by atoms with Crippen molar-refractivity contribution in [1.29, 1.82) is 0 Å². The highest BCUT2D eigenvalue weighted by atomic mass is 32.2. The molecule has 1 N–H and O–H groups in total. The maximum absolute atomic E-state index is 13.3. The molecule has 4 aromatic rings. The second-order valence-corrected chi connectivity index (χ2v) is 11.2. The molecule has 0 bridgehead atoms. The molecule has 0 aliphatic carbocycles. The Labute approximate surface area is 231 Å². The van der Waals surface area contributed by atoms with Crippen molar-refractivity contribution in [3.05, 3.63) is 106 Å². The third-order valence-electron chi connectivity index (χ3n) is 6.96. The van der Waals surface area contributed by atoms with Crippen molar-refractivity contribution in [2.24, 2.45) is 7.05 Å². The minimum absolute atomic E-state index is 0.0455. The summed E-state index contributed by atoms with van der Waals surface area (Å²) in [6.45, 7) is 3.60. The summed E-state index contributed by atoms with van der Waals surface area (Å²) < 4.78 is 37.3. The van der Waals surface area contributed by atoms with Crippen LogP contribution in [0.1, 0.15) is 28.5 Å². The SMILES string of the molecule is Cc1c(NS(=O)(=O)c2cccc(C(=O)O[C@H](C)C(=O)N3CCc4ccccc43)c2)c(=O)n(-c2ccccc2)n1C. The number of aromatic nitrogens is 2. The first-order valence-electron chi connectivity index (χ1n) is 12.7. The summed E-state index contributed by atoms with van der Waals surface area (Å²) in [5, 5.41) is 0. The Balaban J connectivity index is 1.34. The van der Waals surface area contributed by atoms with Gasteiger partial charge in [0.25, 0.3) is 21.5 Å². The zero-order valence-electron chi connectivity index (χ0n) is 22.2. The molecule has 5 rings (SSSR count). The smallest absolute Gasteiger partial charge is 0.338 e. The van der Waals surface area contributed by atoms with Crippen LogP contribution in [0.2, 0.25) is 0 Å². The Morgan fingerprint density at radius 1 is 0.975 bits per heavy atom. The van der Waals surface area contributed by atoms with Gasteiger partial charge in [0, 0.05) is 19.3 Å². The Bertz CT molecular complexity index is 1780. The molecule has 206 valence electrons. The zero-order valence-corrected chi connectivity index (χ0v) is 23.0. The van der Waals surface area contributed by atoms with Crippen molar-refractivity contribution in [3.63, 3.8) is 0 Å². The van der Waals surface area contributed by atoms with Gasteiger partial charge in [-0.2, -0.15) is 0 Å². The van der Waals surface area contributed by atoms with Gasteiger partial charge >= 0.3 is 5.97 Å². The number of fused-ring (bicyclic) bond motifs is 1. The van der Waals surface area contributed by atoms with Crippen LogP contribution in [0.5, 0.6) is 0 Å². The predicted octanol–water partition coefficient (Wildman–Crippen LogP) is 3.42. The quantitative estimate of drug-likeness (QED) is 0.346. The molecule has 10 nitrogen and oxygen atoms in total. The van der Waals surface area contributed by atoms with Crippen molar-refractivity contribution in [2.45, 2.75) is 31.3 Å². The maximum Gasteiger partial charge on any atom is 0.338 e. The molecule has 0 radical (unpaired) electrons. The second-order valence-electron chi connectivity index (χ2n) is 9.49. The lowest BCUT2D eigenvalue weighted by molar-refractivity contribution is -0.126. The van der Waals surface area contributed by atoms with Crippen molar-refractivity contribution < 1.29 is 22.7 Å². The predicted molar refractivity (Wildman–Crippen MR) is 150 cm³/mol. The second kappa shape index (κ2) is 10.5. The number of para-hydroxylation sites is 2. The number of hydrogen-bond donors (Lipinski definition) is 1. The summed E-state index contributed by atoms with van der Waals surface area (Å²) in [5.41, 5.74) is 2.13. The fourth-order valence-electron chi connectivity index (χ4n) is 4.74. The van der Waals surface area contributed by atoms with Gasteiger partial charge in [0.05, 0.1) is 21.8 Å². The number of nitrogens with one attached hydrogen (secondary N) is 1. The number of hydrogen-bond acceptors (Lipinski definition) is 6. The number of sulfonamides is 1. The third-order valence-corrected chi connectivity index (χ3v) is 8.30. The fraction of sp³-hybridized carbons (Fsp3) is 0.207. The highest BCUT2D eigenvalue weighted by Gasteiger charge is 2.30. The van der Waals surface area contributed by atoms with E-state index in [2.05, 4.69) is 4.72 Å². The number of esters is 1. The molecule has 0 saturated carbocycles. The van der Waals surface area contributed by atoms with Gasteiger partial charge in [0.2, 0.25) is 0 Å². The van der Waals surface area contributed by atoms with Gasteiger partial charge in [0.15, 0.2) is 6.10 Å². The Hall–Kier alpha value is -4.64. The molecule has 1 aliphatic rings. The van der Waals surface area contributed by atoms with Gasteiger partial charge in [-0.3, -0.25) is 19.0 Å². The van der Waals surface area contributed by atoms with Crippen molar-refractivity contribution >= 4 is 33.3 Å². The molecule has 2 heterocycles. The average Bonchev–Trinajstić information content (AvgIpc) is 3.47. The number of carbonyl (C=O) groups excluding carboxylic acids is 2. The van der Waals surface area contributed by atoms with Crippen molar-refractivity contribution in [3.8, 4) is 5.69 Å². The number of nitrogens with zero attached hydrogens (tertiary/aromatic N) is 3. The molecule has 1 aromatic heterocycles. The topological polar surface area (TPSA) is 120 Å². The van der Waals surface area contributed by atoms with E-state index < -0.39 is 27.7 Å². The van der Waals surface area contributed by atoms with Crippen molar-refractivity contribution in [1.82, 2.24) is 9.36 Å². The molecule has 11 heteroatoms. The molecule has 40 heavy (non-hydrogen) atoms. The number of anilines is 2. The van der Waals surface area contributed by atoms with Gasteiger partial charge in [-0.15, -0.1) is 0 Å². The van der Waals surface area contributed by atoms with Crippen LogP contribution in [-0.2, 0) is 33.0 Å². The number of ether oxygens (including phenoxy) is 1. The lowest BCUT2D eigenvalue weighted by Gasteiger charge is -2.21. The van der Waals surface area contributed by atoms with E-state index in [1.165, 1.54) is 29.8 Å². The molecule has 0 saturated heterocycles. The first kappa shape index (κ1) is 26.9. The molecular weight excluding hydrogens is 532 g/mol. The highest BCUT2D eigenvalue weighted by molar-refractivity contribution is 7.92. The fourth-order valence-corrected chi connectivity index (χ4v) is 5.90. The van der Waals surface area contributed by atoms with E-state index in [0.717, 1.165) is 17.3 Å². The summed E-state index contributed by atoms with van der Waals surface area (Å²) in [6.07, 6.45) is -0.368. The largest absolute Gasteiger partial charge is 0.449 e. The van der Waals surface area contributed by atoms with Crippen LogP contribution in [0.25, 0.3) is 5.69 Å². The van der Waals surface area contributed by atoms with E-state index in [9.17, 15) is 22.8 Å². The van der Waals surface area contributed by atoms with E-state index in [0.29, 0.717) is 24.3 Å². The van der Waals surface area contributed by atoms with Crippen LogP contribution in [0.3, 0.4) is 0 Å². The summed E-state index contributed by atoms with van der Waals surface area (Å²) in [6, 6.07) is 21.6. The van der Waals surface area contributed by atoms with E-state index in [1.807, 2.05) is 30.3 Å². The normalized spacial score (nSPS) is 13.5. The number of carbonyl (C=O) groups is 2. The summed E-state index contributed by atoms with van der Waals surface area (Å²) >= 11 is 0. The monoisotopic (exact) mass is 560 g/mol. The first-order valence-corrected chi connectivity index (χ1v) is 14.1. The standard InChI is InChI=1S/C29H28N4O6S/c1-19-26(28(35)33(31(19)3)23-12-5-4-6-13-23)30-40(37,38)24-14-9-11-22(18-24)29(36)39-20(2)27(34)32-17-16-21-10-7-8-15-25(21)32/h4-15,18,20,30H,16-17H2,1-3H3/t20-/m1/s1. The number of benzene rings is 3. The molecular formula is C29H28N4O6S. The van der Waals surface area contributed by atoms with Gasteiger partial charge in [-0.1, -0.05) is 42.5 Å². The van der Waals surface area contributed by atoms with Gasteiger partial charge < -0.3 is 9.64 Å². The number of rotatable bonds is 7. The maximum atomic E-state index is 13.3.